The number of alkyl halides is 3. The number of benzene rings is 2. The molecule has 3 heterocycles. The van der Waals surface area contributed by atoms with Crippen LogP contribution in [0, 0.1) is 23.7 Å². The highest BCUT2D eigenvalue weighted by Gasteiger charge is 2.70. The molecule has 0 radical (unpaired) electrons. The fraction of sp³-hybridized carbons (Fsp3) is 0.333. The van der Waals surface area contributed by atoms with E-state index in [0.717, 1.165) is 4.90 Å². The van der Waals surface area contributed by atoms with E-state index < -0.39 is 93.6 Å². The maximum atomic E-state index is 15.2. The Labute approximate surface area is 309 Å². The molecule has 1 saturated carbocycles. The summed E-state index contributed by atoms with van der Waals surface area (Å²) in [5.41, 5.74) is 0.447. The third-order valence-corrected chi connectivity index (χ3v) is 11.3. The van der Waals surface area contributed by atoms with Crippen molar-refractivity contribution in [1.29, 1.82) is 0 Å². The van der Waals surface area contributed by atoms with Crippen LogP contribution in [0.4, 0.5) is 19.0 Å². The number of aliphatic carboxylic acids is 1. The molecule has 6 atom stereocenters. The molecule has 0 spiro atoms. The minimum atomic E-state index is -4.78. The van der Waals surface area contributed by atoms with Gasteiger partial charge in [-0.15, -0.1) is 0 Å². The van der Waals surface area contributed by atoms with E-state index in [9.17, 15) is 42.6 Å². The van der Waals surface area contributed by atoms with Crippen LogP contribution in [0.1, 0.15) is 41.9 Å². The van der Waals surface area contributed by atoms with Crippen molar-refractivity contribution in [2.45, 2.75) is 36.8 Å². The number of anilines is 1. The monoisotopic (exact) mass is 772 g/mol. The molecule has 4 amide bonds. The molecule has 2 aromatic carbocycles. The van der Waals surface area contributed by atoms with Gasteiger partial charge >= 0.3 is 12.1 Å². The Morgan fingerprint density at radius 1 is 1.06 bits per heavy atom. The Hall–Kier alpha value is -5.15. The Morgan fingerprint density at radius 2 is 1.77 bits per heavy atom. The maximum absolute atomic E-state index is 15.2. The number of aromatic nitrogens is 1. The van der Waals surface area contributed by atoms with Crippen LogP contribution < -0.4 is 10.2 Å². The van der Waals surface area contributed by atoms with Gasteiger partial charge in [-0.1, -0.05) is 59.1 Å². The lowest BCUT2D eigenvalue weighted by atomic mass is 9.49. The second kappa shape index (κ2) is 13.1. The number of halogens is 5. The number of pyridine rings is 1. The number of aromatic hydroxyl groups is 1. The van der Waals surface area contributed by atoms with Crippen LogP contribution in [0.5, 0.6) is 11.5 Å². The topological polar surface area (TPSA) is 166 Å². The molecule has 4 aliphatic rings. The number of amides is 4. The molecule has 3 fully saturated rings. The van der Waals surface area contributed by atoms with Crippen molar-refractivity contribution in [3.05, 3.63) is 93.1 Å². The van der Waals surface area contributed by atoms with Crippen LogP contribution in [-0.2, 0) is 35.6 Å². The number of para-hydroxylation sites is 1. The highest BCUT2D eigenvalue weighted by atomic mass is 35.5. The average molecular weight is 774 g/mol. The van der Waals surface area contributed by atoms with E-state index in [1.54, 1.807) is 30.3 Å². The molecule has 2 saturated heterocycles. The maximum Gasteiger partial charge on any atom is 0.417 e. The summed E-state index contributed by atoms with van der Waals surface area (Å²) < 4.78 is 45.7. The first-order valence-corrected chi connectivity index (χ1v) is 17.1. The van der Waals surface area contributed by atoms with Crippen molar-refractivity contribution in [2.75, 3.05) is 19.1 Å². The summed E-state index contributed by atoms with van der Waals surface area (Å²) in [4.78, 5) is 73.5. The number of phenolic OH excluding ortho intramolecular Hbond substituents is 1. The number of hydrogen-bond acceptors (Lipinski definition) is 9. The van der Waals surface area contributed by atoms with Crippen molar-refractivity contribution in [2.24, 2.45) is 23.7 Å². The van der Waals surface area contributed by atoms with E-state index >= 15 is 4.79 Å². The van der Waals surface area contributed by atoms with Gasteiger partial charge in [-0.25, -0.2) is 4.98 Å². The van der Waals surface area contributed by atoms with Crippen LogP contribution in [0.15, 0.2) is 66.4 Å². The number of fused-ring (bicyclic) bond motifs is 4. The number of nitrogens with one attached hydrogen (secondary N) is 1. The second-order valence-corrected chi connectivity index (χ2v) is 14.1. The fourth-order valence-corrected chi connectivity index (χ4v) is 8.89. The summed E-state index contributed by atoms with van der Waals surface area (Å²) in [6.07, 6.45) is -3.13. The minimum Gasteiger partial charge on any atom is -0.504 e. The largest absolute Gasteiger partial charge is 0.504 e. The summed E-state index contributed by atoms with van der Waals surface area (Å²) in [6.45, 7) is -0.351. The lowest BCUT2D eigenvalue weighted by Crippen LogP contribution is -2.53. The molecule has 0 unspecified atom stereocenters. The zero-order valence-electron chi connectivity index (χ0n) is 27.6. The lowest BCUT2D eigenvalue weighted by molar-refractivity contribution is -0.143. The molecule has 3 aromatic rings. The van der Waals surface area contributed by atoms with Crippen LogP contribution in [0.3, 0.4) is 0 Å². The van der Waals surface area contributed by atoms with Gasteiger partial charge in [0.2, 0.25) is 11.8 Å². The van der Waals surface area contributed by atoms with E-state index in [2.05, 4.69) is 10.4 Å². The molecule has 2 aliphatic carbocycles. The predicted octanol–water partition coefficient (Wildman–Crippen LogP) is 5.58. The van der Waals surface area contributed by atoms with Crippen molar-refractivity contribution < 1.29 is 52.1 Å². The van der Waals surface area contributed by atoms with Crippen LogP contribution in [0.25, 0.3) is 0 Å². The van der Waals surface area contributed by atoms with Gasteiger partial charge in [-0.2, -0.15) is 18.2 Å². The molecule has 12 nitrogen and oxygen atoms in total. The lowest BCUT2D eigenvalue weighted by Gasteiger charge is -2.50. The van der Waals surface area contributed by atoms with Gasteiger partial charge in [0.25, 0.3) is 11.8 Å². The number of likely N-dealkylation sites (tertiary alicyclic amines) is 1. The number of phenols is 1. The number of carbonyl (C=O) groups is 5. The van der Waals surface area contributed by atoms with Crippen molar-refractivity contribution in [3.8, 4) is 11.5 Å². The minimum absolute atomic E-state index is 0.0428. The van der Waals surface area contributed by atoms with E-state index in [1.807, 2.05) is 0 Å². The average Bonchev–Trinajstić information content (AvgIpc) is 3.48. The van der Waals surface area contributed by atoms with Gasteiger partial charge in [0.15, 0.2) is 17.3 Å². The molecule has 2 aliphatic heterocycles. The Morgan fingerprint density at radius 3 is 2.42 bits per heavy atom. The van der Waals surface area contributed by atoms with E-state index in [-0.39, 0.29) is 36.4 Å². The molecule has 3 N–H and O–H groups in total. The fourth-order valence-electron chi connectivity index (χ4n) is 8.56. The Kier molecular flexibility index (Phi) is 8.92. The van der Waals surface area contributed by atoms with Gasteiger partial charge in [-0.3, -0.25) is 34.3 Å². The second-order valence-electron chi connectivity index (χ2n) is 13.3. The quantitative estimate of drug-likeness (QED) is 0.194. The molecular weight excluding hydrogens is 744 g/mol. The van der Waals surface area contributed by atoms with Crippen molar-refractivity contribution in [1.82, 2.24) is 14.9 Å². The summed E-state index contributed by atoms with van der Waals surface area (Å²) in [5, 5.41) is 21.4. The summed E-state index contributed by atoms with van der Waals surface area (Å²) in [7, 11) is 1.33. The number of hydrogen-bond donors (Lipinski definition) is 3. The van der Waals surface area contributed by atoms with Crippen molar-refractivity contribution >= 4 is 58.6 Å². The number of ether oxygens (including phenoxy) is 1. The number of imide groups is 2. The zero-order chi connectivity index (χ0) is 38.1. The van der Waals surface area contributed by atoms with Gasteiger partial charge in [-0.05, 0) is 48.6 Å². The zero-order valence-corrected chi connectivity index (χ0v) is 29.1. The third-order valence-electron chi connectivity index (χ3n) is 10.8. The Balaban J connectivity index is 1.43. The highest BCUT2D eigenvalue weighted by molar-refractivity contribution is 6.33. The first-order chi connectivity index (χ1) is 25.1. The summed E-state index contributed by atoms with van der Waals surface area (Å²) >= 11 is 12.5. The first-order valence-electron chi connectivity index (χ1n) is 16.4. The molecular formula is C36H29Cl2F3N4O8. The molecule has 1 aromatic heterocycles. The SMILES string of the molecule is COc1cccc([C@H]2C3=CC[C@@H]4C(=O)N(CCC(=O)O)C(=O)[C@@H]4[C@@H]3C[C@H]3C(=O)N(Nc4ncc(C(F)(F)F)cc4Cl)C(=O)[C@@]23c2ccc(Cl)cc2)c1O. The molecule has 276 valence electrons. The van der Waals surface area contributed by atoms with Crippen LogP contribution in [-0.4, -0.2) is 68.4 Å². The van der Waals surface area contributed by atoms with Crippen LogP contribution >= 0.6 is 23.2 Å². The third kappa shape index (κ3) is 5.59. The number of carboxylic acids is 1. The number of nitrogens with zero attached hydrogens (tertiary/aromatic N) is 3. The van der Waals surface area contributed by atoms with Crippen molar-refractivity contribution in [3.63, 3.8) is 0 Å². The van der Waals surface area contributed by atoms with E-state index in [0.29, 0.717) is 33.4 Å². The van der Waals surface area contributed by atoms with Gasteiger partial charge in [0.1, 0.15) is 0 Å². The number of carboxylic acid groups (broad SMARTS) is 1. The number of rotatable bonds is 8. The molecule has 7 rings (SSSR count). The summed E-state index contributed by atoms with van der Waals surface area (Å²) in [6, 6.07) is 11.4. The number of allylic oxidation sites excluding steroid dienone is 2. The number of carbonyl (C=O) groups excluding carboxylic acids is 4. The number of hydrazine groups is 1. The standard InChI is InChI=1S/C36H29Cl2F3N4O8/c1-53-25-4-2-3-21(29(25)48)28-19-9-10-20-27(33(51)44(31(20)49)12-11-26(46)47)22(19)14-23-32(50)45(34(52)35(23,28)16-5-7-18(37)8-6-16)43-30-24(38)13-17(15-42-30)36(39,40)41/h2-9,13,15,20,22-23,27-28,48H,10-12,14H2,1H3,(H,42,43)(H,46,47)/t20-,22+,23-,27-,28+,35+/m0/s1. The van der Waals surface area contributed by atoms with Gasteiger partial charge < -0.3 is 14.9 Å². The van der Waals surface area contributed by atoms with Gasteiger partial charge in [0.05, 0.1) is 47.3 Å². The normalized spacial score (nSPS) is 26.6. The Bertz CT molecular complexity index is 2110. The van der Waals surface area contributed by atoms with Crippen LogP contribution in [0.2, 0.25) is 10.0 Å². The summed E-state index contributed by atoms with van der Waals surface area (Å²) in [5.74, 6) is -10.0. The smallest absolute Gasteiger partial charge is 0.417 e. The van der Waals surface area contributed by atoms with E-state index in [1.165, 1.54) is 25.3 Å². The first kappa shape index (κ1) is 36.2. The number of methoxy groups -OCH3 is 1. The van der Waals surface area contributed by atoms with E-state index in [4.69, 9.17) is 27.9 Å². The van der Waals surface area contributed by atoms with Gasteiger partial charge in [0, 0.05) is 29.2 Å². The molecule has 0 bridgehead atoms. The highest BCUT2D eigenvalue weighted by Crippen LogP contribution is 2.65. The predicted molar refractivity (Wildman–Crippen MR) is 181 cm³/mol. The molecule has 17 heteroatoms. The molecule has 53 heavy (non-hydrogen) atoms.